The fraction of sp³-hybridized carbons (Fsp3) is 0.500. The highest BCUT2D eigenvalue weighted by atomic mass is 19.1. The molecular formula is C14H21FN2O. The van der Waals surface area contributed by atoms with Crippen LogP contribution in [-0.2, 0) is 4.79 Å². The number of halogens is 1. The van der Waals surface area contributed by atoms with Gasteiger partial charge < -0.3 is 5.32 Å². The topological polar surface area (TPSA) is 32.3 Å². The fourth-order valence-electron chi connectivity index (χ4n) is 1.97. The first-order valence-corrected chi connectivity index (χ1v) is 6.25. The molecule has 0 aromatic heterocycles. The zero-order valence-corrected chi connectivity index (χ0v) is 11.1. The van der Waals surface area contributed by atoms with Gasteiger partial charge in [0, 0.05) is 12.2 Å². The molecular weight excluding hydrogens is 231 g/mol. The molecule has 1 N–H and O–H groups in total. The lowest BCUT2D eigenvalue weighted by Crippen LogP contribution is -2.21. The summed E-state index contributed by atoms with van der Waals surface area (Å²) in [5.41, 5.74) is 1.66. The Morgan fingerprint density at radius 3 is 2.50 bits per heavy atom. The maximum absolute atomic E-state index is 13.0. The van der Waals surface area contributed by atoms with E-state index in [1.165, 1.54) is 19.8 Å². The third-order valence-electron chi connectivity index (χ3n) is 2.82. The summed E-state index contributed by atoms with van der Waals surface area (Å²) in [6.07, 6.45) is 8.26. The number of likely N-dealkylation sites (tertiary alicyclic amines) is 1. The van der Waals surface area contributed by atoms with Gasteiger partial charge in [0.1, 0.15) is 0 Å². The molecule has 0 spiro atoms. The van der Waals surface area contributed by atoms with Crippen LogP contribution in [-0.4, -0.2) is 30.9 Å². The average molecular weight is 252 g/mol. The largest absolute Gasteiger partial charge is 0.333 e. The Kier molecular flexibility index (Phi) is 6.36. The number of nitrogens with zero attached hydrogens (tertiary/aromatic N) is 1. The maximum atomic E-state index is 13.0. The monoisotopic (exact) mass is 252 g/mol. The van der Waals surface area contributed by atoms with Crippen molar-refractivity contribution in [1.29, 1.82) is 0 Å². The van der Waals surface area contributed by atoms with Crippen molar-refractivity contribution in [2.45, 2.75) is 26.7 Å². The maximum Gasteiger partial charge on any atom is 0.211 e. The molecule has 1 amide bonds. The summed E-state index contributed by atoms with van der Waals surface area (Å²) >= 11 is 0. The van der Waals surface area contributed by atoms with Crippen molar-refractivity contribution in [3.8, 4) is 0 Å². The smallest absolute Gasteiger partial charge is 0.211 e. The minimum Gasteiger partial charge on any atom is -0.333 e. The molecule has 0 aromatic rings. The van der Waals surface area contributed by atoms with Crippen molar-refractivity contribution >= 4 is 6.41 Å². The van der Waals surface area contributed by atoms with Crippen molar-refractivity contribution in [2.24, 2.45) is 0 Å². The zero-order chi connectivity index (χ0) is 13.4. The van der Waals surface area contributed by atoms with Crippen LogP contribution >= 0.6 is 0 Å². The summed E-state index contributed by atoms with van der Waals surface area (Å²) in [6, 6.07) is 0. The number of amides is 1. The molecule has 1 aliphatic heterocycles. The van der Waals surface area contributed by atoms with Gasteiger partial charge in [-0.15, -0.1) is 0 Å². The average Bonchev–Trinajstić information content (AvgIpc) is 2.78. The molecule has 0 radical (unpaired) electrons. The normalized spacial score (nSPS) is 19.2. The van der Waals surface area contributed by atoms with Crippen LogP contribution in [0.5, 0.6) is 0 Å². The molecule has 0 bridgehead atoms. The Morgan fingerprint density at radius 1 is 1.28 bits per heavy atom. The van der Waals surface area contributed by atoms with E-state index in [2.05, 4.69) is 10.2 Å². The first-order chi connectivity index (χ1) is 8.61. The van der Waals surface area contributed by atoms with Gasteiger partial charge in [-0.2, -0.15) is 0 Å². The van der Waals surface area contributed by atoms with Crippen LogP contribution in [0.4, 0.5) is 4.39 Å². The molecule has 0 atom stereocenters. The van der Waals surface area contributed by atoms with Crippen LogP contribution in [0, 0.1) is 0 Å². The molecule has 1 fully saturated rings. The van der Waals surface area contributed by atoms with E-state index in [0.29, 0.717) is 6.41 Å². The van der Waals surface area contributed by atoms with Crippen molar-refractivity contribution in [1.82, 2.24) is 10.2 Å². The lowest BCUT2D eigenvalue weighted by Gasteiger charge is -2.15. The number of carbonyl (C=O) groups is 1. The highest BCUT2D eigenvalue weighted by molar-refractivity contribution is 5.50. The molecule has 100 valence electrons. The van der Waals surface area contributed by atoms with Gasteiger partial charge in [0.25, 0.3) is 0 Å². The van der Waals surface area contributed by atoms with Gasteiger partial charge in [0.05, 0.1) is 5.83 Å². The van der Waals surface area contributed by atoms with Crippen molar-refractivity contribution in [2.75, 3.05) is 19.6 Å². The number of allylic oxidation sites excluding steroid dienone is 4. The van der Waals surface area contributed by atoms with Gasteiger partial charge in [-0.3, -0.25) is 9.69 Å². The summed E-state index contributed by atoms with van der Waals surface area (Å²) in [7, 11) is 0. The molecule has 1 heterocycles. The number of hydrogen-bond acceptors (Lipinski definition) is 2. The standard InChI is InChI=1S/C14H21FN2O/c1-12(15)9-14(6-5-13(2)16-11-18)10-17-7-3-4-8-17/h5-6,9,11H,3-4,7-8,10H2,1-2H3,(H,16,18)/b12-9+,13-5+,14-6+. The van der Waals surface area contributed by atoms with Gasteiger partial charge in [-0.1, -0.05) is 6.08 Å². The summed E-state index contributed by atoms with van der Waals surface area (Å²) in [4.78, 5) is 12.6. The van der Waals surface area contributed by atoms with Crippen LogP contribution in [0.2, 0.25) is 0 Å². The highest BCUT2D eigenvalue weighted by Crippen LogP contribution is 2.12. The second-order valence-electron chi connectivity index (χ2n) is 4.57. The molecule has 1 aliphatic rings. The van der Waals surface area contributed by atoms with Crippen LogP contribution in [0.1, 0.15) is 26.7 Å². The summed E-state index contributed by atoms with van der Waals surface area (Å²) in [5.74, 6) is -0.199. The van der Waals surface area contributed by atoms with Crippen LogP contribution in [0.25, 0.3) is 0 Å². The Hall–Kier alpha value is -1.42. The minimum atomic E-state index is -0.199. The minimum absolute atomic E-state index is 0.199. The molecule has 18 heavy (non-hydrogen) atoms. The number of rotatable bonds is 6. The van der Waals surface area contributed by atoms with E-state index in [0.717, 1.165) is 30.9 Å². The van der Waals surface area contributed by atoms with E-state index >= 15 is 0 Å². The van der Waals surface area contributed by atoms with Crippen molar-refractivity contribution < 1.29 is 9.18 Å². The summed E-state index contributed by atoms with van der Waals surface area (Å²) in [5, 5.41) is 2.56. The zero-order valence-electron chi connectivity index (χ0n) is 11.1. The van der Waals surface area contributed by atoms with E-state index in [9.17, 15) is 9.18 Å². The first-order valence-electron chi connectivity index (χ1n) is 6.25. The lowest BCUT2D eigenvalue weighted by atomic mass is 10.2. The molecule has 0 unspecified atom stereocenters. The SMILES string of the molecule is C\C(F)=C/C(=C\C=C(/C)NC=O)CN1CCCC1. The summed E-state index contributed by atoms with van der Waals surface area (Å²) < 4.78 is 13.0. The van der Waals surface area contributed by atoms with E-state index in [1.807, 2.05) is 6.08 Å². The number of nitrogens with one attached hydrogen (secondary N) is 1. The van der Waals surface area contributed by atoms with E-state index in [-0.39, 0.29) is 5.83 Å². The third kappa shape index (κ3) is 5.77. The second-order valence-corrected chi connectivity index (χ2v) is 4.57. The first kappa shape index (κ1) is 14.6. The van der Waals surface area contributed by atoms with Crippen LogP contribution < -0.4 is 5.32 Å². The van der Waals surface area contributed by atoms with Crippen LogP contribution in [0.15, 0.2) is 35.3 Å². The second kappa shape index (κ2) is 7.82. The molecule has 1 saturated heterocycles. The number of hydrogen-bond donors (Lipinski definition) is 1. The predicted octanol–water partition coefficient (Wildman–Crippen LogP) is 2.53. The third-order valence-corrected chi connectivity index (χ3v) is 2.82. The Bertz CT molecular complexity index is 362. The van der Waals surface area contributed by atoms with Gasteiger partial charge in [0.2, 0.25) is 6.41 Å². The Morgan fingerprint density at radius 2 is 1.94 bits per heavy atom. The molecule has 0 aromatic carbocycles. The van der Waals surface area contributed by atoms with Gasteiger partial charge in [-0.25, -0.2) is 4.39 Å². The number of carbonyl (C=O) groups excluding carboxylic acids is 1. The van der Waals surface area contributed by atoms with Crippen molar-refractivity contribution in [3.05, 3.63) is 35.3 Å². The Labute approximate surface area is 108 Å². The molecule has 4 heteroatoms. The van der Waals surface area contributed by atoms with Crippen LogP contribution in [0.3, 0.4) is 0 Å². The summed E-state index contributed by atoms with van der Waals surface area (Å²) in [6.45, 7) is 6.15. The fourth-order valence-corrected chi connectivity index (χ4v) is 1.97. The molecule has 0 aliphatic carbocycles. The molecule has 3 nitrogen and oxygen atoms in total. The molecule has 0 saturated carbocycles. The van der Waals surface area contributed by atoms with E-state index in [4.69, 9.17) is 0 Å². The highest BCUT2D eigenvalue weighted by Gasteiger charge is 2.11. The van der Waals surface area contributed by atoms with Gasteiger partial charge in [0.15, 0.2) is 0 Å². The van der Waals surface area contributed by atoms with E-state index in [1.54, 1.807) is 19.1 Å². The van der Waals surface area contributed by atoms with Gasteiger partial charge >= 0.3 is 0 Å². The van der Waals surface area contributed by atoms with Crippen molar-refractivity contribution in [3.63, 3.8) is 0 Å². The van der Waals surface area contributed by atoms with Gasteiger partial charge in [-0.05, 0) is 57.5 Å². The lowest BCUT2D eigenvalue weighted by molar-refractivity contribution is -0.108. The Balaban J connectivity index is 2.70. The molecule has 1 rings (SSSR count). The quantitative estimate of drug-likeness (QED) is 0.582. The predicted molar refractivity (Wildman–Crippen MR) is 71.6 cm³/mol. The van der Waals surface area contributed by atoms with E-state index < -0.39 is 0 Å².